The molecule has 18 heavy (non-hydrogen) atoms. The van der Waals surface area contributed by atoms with Gasteiger partial charge in [-0.15, -0.1) is 0 Å². The molecule has 0 saturated carbocycles. The summed E-state index contributed by atoms with van der Waals surface area (Å²) in [6, 6.07) is 0. The van der Waals surface area contributed by atoms with E-state index in [1.54, 1.807) is 6.92 Å². The van der Waals surface area contributed by atoms with Crippen molar-refractivity contribution in [2.75, 3.05) is 13.2 Å². The van der Waals surface area contributed by atoms with Crippen molar-refractivity contribution in [1.29, 1.82) is 0 Å². The molecule has 102 valence electrons. The molecule has 1 rings (SSSR count). The summed E-state index contributed by atoms with van der Waals surface area (Å²) in [5, 5.41) is 38.8. The SMILES string of the molecule is CC(C)=CCC1=C(C)C(O)C(CO)=C(CO)C1O. The average molecular weight is 254 g/mol. The molecule has 0 heterocycles. The first-order chi connectivity index (χ1) is 8.43. The second-order valence-electron chi connectivity index (χ2n) is 4.87. The summed E-state index contributed by atoms with van der Waals surface area (Å²) < 4.78 is 0. The Hall–Kier alpha value is -0.940. The van der Waals surface area contributed by atoms with Crippen LogP contribution in [0.5, 0.6) is 0 Å². The Bertz CT molecular complexity index is 400. The van der Waals surface area contributed by atoms with E-state index < -0.39 is 12.2 Å². The molecule has 1 aliphatic carbocycles. The van der Waals surface area contributed by atoms with Gasteiger partial charge >= 0.3 is 0 Å². The molecule has 0 saturated heterocycles. The molecule has 0 amide bonds. The van der Waals surface area contributed by atoms with Crippen LogP contribution in [0.2, 0.25) is 0 Å². The molecule has 0 aromatic heterocycles. The van der Waals surface area contributed by atoms with Crippen LogP contribution in [0.1, 0.15) is 27.2 Å². The Morgan fingerprint density at radius 3 is 1.94 bits per heavy atom. The van der Waals surface area contributed by atoms with Crippen LogP contribution in [0.4, 0.5) is 0 Å². The molecule has 0 radical (unpaired) electrons. The van der Waals surface area contributed by atoms with Crippen molar-refractivity contribution >= 4 is 0 Å². The minimum atomic E-state index is -0.920. The number of hydrogen-bond acceptors (Lipinski definition) is 4. The van der Waals surface area contributed by atoms with Gasteiger partial charge in [0.1, 0.15) is 0 Å². The van der Waals surface area contributed by atoms with Gasteiger partial charge in [-0.3, -0.25) is 0 Å². The monoisotopic (exact) mass is 254 g/mol. The molecule has 4 N–H and O–H groups in total. The van der Waals surface area contributed by atoms with Gasteiger partial charge < -0.3 is 20.4 Å². The standard InChI is InChI=1S/C14H22O4/c1-8(2)4-5-10-9(3)13(17)11(6-15)12(7-16)14(10)18/h4,13-18H,5-7H2,1-3H3. The fourth-order valence-electron chi connectivity index (χ4n) is 2.18. The highest BCUT2D eigenvalue weighted by atomic mass is 16.3. The fourth-order valence-corrected chi connectivity index (χ4v) is 2.18. The molecule has 0 aliphatic heterocycles. The lowest BCUT2D eigenvalue weighted by molar-refractivity contribution is 0.166. The normalized spacial score (nSPS) is 24.6. The van der Waals surface area contributed by atoms with Crippen LogP contribution in [0.3, 0.4) is 0 Å². The van der Waals surface area contributed by atoms with Crippen LogP contribution < -0.4 is 0 Å². The summed E-state index contributed by atoms with van der Waals surface area (Å²) in [4.78, 5) is 0. The van der Waals surface area contributed by atoms with Crippen molar-refractivity contribution in [3.8, 4) is 0 Å². The third kappa shape index (κ3) is 2.90. The van der Waals surface area contributed by atoms with E-state index in [0.29, 0.717) is 28.7 Å². The van der Waals surface area contributed by atoms with Gasteiger partial charge in [0.2, 0.25) is 0 Å². The molecule has 0 spiro atoms. The lowest BCUT2D eigenvalue weighted by Crippen LogP contribution is -2.32. The Labute approximate surface area is 108 Å². The Morgan fingerprint density at radius 1 is 1.00 bits per heavy atom. The predicted octanol–water partition coefficient (Wildman–Crippen LogP) is 0.676. The van der Waals surface area contributed by atoms with Crippen molar-refractivity contribution in [1.82, 2.24) is 0 Å². The molecule has 4 nitrogen and oxygen atoms in total. The van der Waals surface area contributed by atoms with E-state index in [1.165, 1.54) is 0 Å². The number of hydrogen-bond donors (Lipinski definition) is 4. The topological polar surface area (TPSA) is 80.9 Å². The molecular formula is C14H22O4. The maximum atomic E-state index is 10.2. The maximum Gasteiger partial charge on any atom is 0.0994 e. The smallest absolute Gasteiger partial charge is 0.0994 e. The lowest BCUT2D eigenvalue weighted by Gasteiger charge is -2.31. The minimum Gasteiger partial charge on any atom is -0.392 e. The van der Waals surface area contributed by atoms with Crippen LogP contribution >= 0.6 is 0 Å². The lowest BCUT2D eigenvalue weighted by atomic mass is 9.81. The van der Waals surface area contributed by atoms with E-state index in [2.05, 4.69) is 0 Å². The zero-order valence-corrected chi connectivity index (χ0v) is 11.1. The second kappa shape index (κ2) is 6.29. The van der Waals surface area contributed by atoms with Gasteiger partial charge in [0, 0.05) is 0 Å². The van der Waals surface area contributed by atoms with Crippen LogP contribution in [-0.4, -0.2) is 45.8 Å². The summed E-state index contributed by atoms with van der Waals surface area (Å²) in [6.07, 6.45) is 0.666. The van der Waals surface area contributed by atoms with Crippen LogP contribution in [0.25, 0.3) is 0 Å². The summed E-state index contributed by atoms with van der Waals surface area (Å²) in [5.74, 6) is 0. The largest absolute Gasteiger partial charge is 0.392 e. The summed E-state index contributed by atoms with van der Waals surface area (Å²) >= 11 is 0. The molecule has 4 heteroatoms. The van der Waals surface area contributed by atoms with Crippen molar-refractivity contribution < 1.29 is 20.4 Å². The van der Waals surface area contributed by atoms with E-state index in [1.807, 2.05) is 19.9 Å². The first-order valence-electron chi connectivity index (χ1n) is 6.06. The summed E-state index contributed by atoms with van der Waals surface area (Å²) in [7, 11) is 0. The second-order valence-corrected chi connectivity index (χ2v) is 4.87. The molecule has 0 aromatic rings. The van der Waals surface area contributed by atoms with E-state index in [0.717, 1.165) is 5.57 Å². The third-order valence-electron chi connectivity index (χ3n) is 3.39. The number of rotatable bonds is 4. The van der Waals surface area contributed by atoms with E-state index >= 15 is 0 Å². The van der Waals surface area contributed by atoms with E-state index in [9.17, 15) is 20.4 Å². The van der Waals surface area contributed by atoms with Crippen LogP contribution in [-0.2, 0) is 0 Å². The first kappa shape index (κ1) is 15.1. The van der Waals surface area contributed by atoms with Gasteiger partial charge in [-0.25, -0.2) is 0 Å². The maximum absolute atomic E-state index is 10.2. The fraction of sp³-hybridized carbons (Fsp3) is 0.571. The van der Waals surface area contributed by atoms with Gasteiger partial charge in [-0.1, -0.05) is 11.6 Å². The highest BCUT2D eigenvalue weighted by Crippen LogP contribution is 2.32. The molecular weight excluding hydrogens is 232 g/mol. The molecule has 0 fully saturated rings. The summed E-state index contributed by atoms with van der Waals surface area (Å²) in [6.45, 7) is 4.94. The van der Waals surface area contributed by atoms with Gasteiger partial charge in [0.05, 0.1) is 25.4 Å². The van der Waals surface area contributed by atoms with Gasteiger partial charge in [-0.05, 0) is 49.5 Å². The molecule has 0 bridgehead atoms. The van der Waals surface area contributed by atoms with Crippen molar-refractivity contribution in [3.63, 3.8) is 0 Å². The zero-order valence-electron chi connectivity index (χ0n) is 11.1. The van der Waals surface area contributed by atoms with Crippen molar-refractivity contribution in [3.05, 3.63) is 33.9 Å². The average Bonchev–Trinajstić information content (AvgIpc) is 2.32. The Kier molecular flexibility index (Phi) is 5.28. The van der Waals surface area contributed by atoms with E-state index in [4.69, 9.17) is 0 Å². The van der Waals surface area contributed by atoms with Crippen LogP contribution in [0.15, 0.2) is 33.9 Å². The Balaban J connectivity index is 3.13. The molecule has 2 unspecified atom stereocenters. The first-order valence-corrected chi connectivity index (χ1v) is 6.06. The number of aliphatic hydroxyl groups is 4. The highest BCUT2D eigenvalue weighted by Gasteiger charge is 2.31. The Morgan fingerprint density at radius 2 is 1.50 bits per heavy atom. The quantitative estimate of drug-likeness (QED) is 0.556. The highest BCUT2D eigenvalue weighted by molar-refractivity contribution is 5.44. The van der Waals surface area contributed by atoms with Gasteiger partial charge in [0.25, 0.3) is 0 Å². The molecule has 1 aliphatic rings. The summed E-state index contributed by atoms with van der Waals surface area (Å²) in [5.41, 5.74) is 3.10. The molecule has 0 aromatic carbocycles. The number of aliphatic hydroxyl groups excluding tert-OH is 4. The van der Waals surface area contributed by atoms with Crippen LogP contribution in [0, 0.1) is 0 Å². The van der Waals surface area contributed by atoms with E-state index in [-0.39, 0.29) is 13.2 Å². The zero-order chi connectivity index (χ0) is 13.9. The molecule has 2 atom stereocenters. The number of allylic oxidation sites excluding steroid dienone is 2. The van der Waals surface area contributed by atoms with Gasteiger partial charge in [0.15, 0.2) is 0 Å². The van der Waals surface area contributed by atoms with Crippen molar-refractivity contribution in [2.45, 2.75) is 39.4 Å². The predicted molar refractivity (Wildman–Crippen MR) is 70.0 cm³/mol. The third-order valence-corrected chi connectivity index (χ3v) is 3.39. The van der Waals surface area contributed by atoms with Gasteiger partial charge in [-0.2, -0.15) is 0 Å². The van der Waals surface area contributed by atoms with Crippen molar-refractivity contribution in [2.24, 2.45) is 0 Å². The minimum absolute atomic E-state index is 0.309.